The maximum absolute atomic E-state index is 6.04. The van der Waals surface area contributed by atoms with Crippen LogP contribution in [0, 0.1) is 0 Å². The van der Waals surface area contributed by atoms with Crippen LogP contribution in [0.15, 0.2) is 18.2 Å². The summed E-state index contributed by atoms with van der Waals surface area (Å²) in [7, 11) is 1.67. The second-order valence-electron chi connectivity index (χ2n) is 3.93. The Kier molecular flexibility index (Phi) is 3.49. The fourth-order valence-electron chi connectivity index (χ4n) is 2.04. The summed E-state index contributed by atoms with van der Waals surface area (Å²) in [5, 5.41) is 4.25. The standard InChI is InChI=1S/C12H16ClNO/c1-15-11-7-9(6-10(13)8-11)12-4-2-3-5-14-12/h6-8,12,14H,2-5H2,1H3. The van der Waals surface area contributed by atoms with Crippen molar-refractivity contribution >= 4 is 11.6 Å². The van der Waals surface area contributed by atoms with Crippen LogP contribution in [0.1, 0.15) is 30.9 Å². The number of benzene rings is 1. The van der Waals surface area contributed by atoms with Crippen molar-refractivity contribution < 1.29 is 4.74 Å². The van der Waals surface area contributed by atoms with Crippen LogP contribution in [0.25, 0.3) is 0 Å². The van der Waals surface area contributed by atoms with Gasteiger partial charge in [-0.15, -0.1) is 0 Å². The number of ether oxygens (including phenoxy) is 1. The number of hydrogen-bond donors (Lipinski definition) is 1. The molecular formula is C12H16ClNO. The van der Waals surface area contributed by atoms with Crippen LogP contribution < -0.4 is 10.1 Å². The van der Waals surface area contributed by atoms with E-state index in [4.69, 9.17) is 16.3 Å². The van der Waals surface area contributed by atoms with Crippen molar-refractivity contribution in [1.82, 2.24) is 5.32 Å². The first-order chi connectivity index (χ1) is 7.29. The third-order valence-corrected chi connectivity index (χ3v) is 3.06. The van der Waals surface area contributed by atoms with Crippen LogP contribution in [0.5, 0.6) is 5.75 Å². The highest BCUT2D eigenvalue weighted by Crippen LogP contribution is 2.29. The van der Waals surface area contributed by atoms with E-state index in [1.54, 1.807) is 7.11 Å². The Bertz CT molecular complexity index is 334. The first kappa shape index (κ1) is 10.8. The monoisotopic (exact) mass is 225 g/mol. The molecule has 1 heterocycles. The average molecular weight is 226 g/mol. The molecule has 1 aromatic carbocycles. The quantitative estimate of drug-likeness (QED) is 0.835. The lowest BCUT2D eigenvalue weighted by Crippen LogP contribution is -2.26. The molecule has 0 saturated carbocycles. The van der Waals surface area contributed by atoms with Gasteiger partial charge in [0.05, 0.1) is 7.11 Å². The van der Waals surface area contributed by atoms with Crippen LogP contribution in [0.3, 0.4) is 0 Å². The van der Waals surface area contributed by atoms with E-state index in [0.29, 0.717) is 6.04 Å². The average Bonchev–Trinajstić information content (AvgIpc) is 2.29. The van der Waals surface area contributed by atoms with Gasteiger partial charge in [0.1, 0.15) is 5.75 Å². The van der Waals surface area contributed by atoms with Crippen molar-refractivity contribution in [3.63, 3.8) is 0 Å². The minimum atomic E-state index is 0.436. The predicted octanol–water partition coefficient (Wildman–Crippen LogP) is 3.16. The molecule has 1 aliphatic rings. The van der Waals surface area contributed by atoms with E-state index in [-0.39, 0.29) is 0 Å². The van der Waals surface area contributed by atoms with Gasteiger partial charge in [-0.1, -0.05) is 18.0 Å². The molecule has 1 fully saturated rings. The topological polar surface area (TPSA) is 21.3 Å². The molecule has 2 nitrogen and oxygen atoms in total. The first-order valence-electron chi connectivity index (χ1n) is 5.37. The number of hydrogen-bond acceptors (Lipinski definition) is 2. The summed E-state index contributed by atoms with van der Waals surface area (Å²) in [5.41, 5.74) is 1.24. The smallest absolute Gasteiger partial charge is 0.120 e. The molecule has 1 unspecified atom stereocenters. The van der Waals surface area contributed by atoms with Gasteiger partial charge in [0, 0.05) is 11.1 Å². The molecule has 1 aliphatic heterocycles. The van der Waals surface area contributed by atoms with Gasteiger partial charge in [0.15, 0.2) is 0 Å². The molecule has 1 N–H and O–H groups in total. The summed E-state index contributed by atoms with van der Waals surface area (Å²) >= 11 is 6.04. The highest BCUT2D eigenvalue weighted by Gasteiger charge is 2.15. The maximum Gasteiger partial charge on any atom is 0.120 e. The molecule has 0 bridgehead atoms. The summed E-state index contributed by atoms with van der Waals surface area (Å²) in [5.74, 6) is 0.838. The van der Waals surface area contributed by atoms with Crippen molar-refractivity contribution in [1.29, 1.82) is 0 Å². The molecule has 0 spiro atoms. The highest BCUT2D eigenvalue weighted by molar-refractivity contribution is 6.30. The first-order valence-corrected chi connectivity index (χ1v) is 5.75. The van der Waals surface area contributed by atoms with Gasteiger partial charge in [-0.25, -0.2) is 0 Å². The number of rotatable bonds is 2. The molecule has 0 radical (unpaired) electrons. The second-order valence-corrected chi connectivity index (χ2v) is 4.36. The molecule has 15 heavy (non-hydrogen) atoms. The minimum Gasteiger partial charge on any atom is -0.497 e. The second kappa shape index (κ2) is 4.86. The van der Waals surface area contributed by atoms with Gasteiger partial charge in [-0.2, -0.15) is 0 Å². The van der Waals surface area contributed by atoms with Crippen LogP contribution in [-0.4, -0.2) is 13.7 Å². The zero-order valence-electron chi connectivity index (χ0n) is 8.92. The highest BCUT2D eigenvalue weighted by atomic mass is 35.5. The van der Waals surface area contributed by atoms with E-state index in [9.17, 15) is 0 Å². The molecule has 3 heteroatoms. The number of piperidine rings is 1. The van der Waals surface area contributed by atoms with Gasteiger partial charge in [0.2, 0.25) is 0 Å². The van der Waals surface area contributed by atoms with Gasteiger partial charge in [0.25, 0.3) is 0 Å². The summed E-state index contributed by atoms with van der Waals surface area (Å²) in [6.07, 6.45) is 3.74. The summed E-state index contributed by atoms with van der Waals surface area (Å²) in [6, 6.07) is 6.36. The van der Waals surface area contributed by atoms with E-state index >= 15 is 0 Å². The minimum absolute atomic E-state index is 0.436. The lowest BCUT2D eigenvalue weighted by atomic mass is 9.97. The molecule has 2 rings (SSSR count). The predicted molar refractivity (Wildman–Crippen MR) is 62.6 cm³/mol. The van der Waals surface area contributed by atoms with E-state index in [1.807, 2.05) is 12.1 Å². The van der Waals surface area contributed by atoms with Crippen molar-refractivity contribution in [2.75, 3.05) is 13.7 Å². The maximum atomic E-state index is 6.04. The molecule has 82 valence electrons. The third kappa shape index (κ3) is 2.64. The van der Waals surface area contributed by atoms with E-state index in [1.165, 1.54) is 24.8 Å². The number of methoxy groups -OCH3 is 1. The Labute approximate surface area is 95.6 Å². The van der Waals surface area contributed by atoms with E-state index in [2.05, 4.69) is 11.4 Å². The van der Waals surface area contributed by atoms with Crippen LogP contribution in [0.2, 0.25) is 5.02 Å². The molecule has 0 aromatic heterocycles. The fraction of sp³-hybridized carbons (Fsp3) is 0.500. The fourth-order valence-corrected chi connectivity index (χ4v) is 2.27. The van der Waals surface area contributed by atoms with Gasteiger partial charge in [-0.3, -0.25) is 0 Å². The van der Waals surface area contributed by atoms with Gasteiger partial charge >= 0.3 is 0 Å². The van der Waals surface area contributed by atoms with E-state index < -0.39 is 0 Å². The largest absolute Gasteiger partial charge is 0.497 e. The number of halogens is 1. The van der Waals surface area contributed by atoms with Crippen molar-refractivity contribution in [3.8, 4) is 5.75 Å². The molecule has 0 amide bonds. The lowest BCUT2D eigenvalue weighted by molar-refractivity contribution is 0.400. The lowest BCUT2D eigenvalue weighted by Gasteiger charge is -2.24. The Hall–Kier alpha value is -0.730. The summed E-state index contributed by atoms with van der Waals surface area (Å²) in [4.78, 5) is 0. The van der Waals surface area contributed by atoms with Gasteiger partial charge in [-0.05, 0) is 43.1 Å². The molecular weight excluding hydrogens is 210 g/mol. The molecule has 0 aliphatic carbocycles. The van der Waals surface area contributed by atoms with Crippen molar-refractivity contribution in [2.24, 2.45) is 0 Å². The number of nitrogens with one attached hydrogen (secondary N) is 1. The van der Waals surface area contributed by atoms with Crippen molar-refractivity contribution in [2.45, 2.75) is 25.3 Å². The molecule has 1 aromatic rings. The SMILES string of the molecule is COc1cc(Cl)cc(C2CCCCN2)c1. The zero-order chi connectivity index (χ0) is 10.7. The normalized spacial score (nSPS) is 21.3. The van der Waals surface area contributed by atoms with Gasteiger partial charge < -0.3 is 10.1 Å². The molecule has 1 atom stereocenters. The van der Waals surface area contributed by atoms with E-state index in [0.717, 1.165) is 17.3 Å². The van der Waals surface area contributed by atoms with Crippen LogP contribution >= 0.6 is 11.6 Å². The van der Waals surface area contributed by atoms with Crippen LogP contribution in [0.4, 0.5) is 0 Å². The Balaban J connectivity index is 2.22. The Morgan fingerprint density at radius 2 is 2.20 bits per heavy atom. The third-order valence-electron chi connectivity index (χ3n) is 2.84. The zero-order valence-corrected chi connectivity index (χ0v) is 9.68. The summed E-state index contributed by atoms with van der Waals surface area (Å²) < 4.78 is 5.21. The van der Waals surface area contributed by atoms with Crippen molar-refractivity contribution in [3.05, 3.63) is 28.8 Å². The molecule has 1 saturated heterocycles. The van der Waals surface area contributed by atoms with Crippen LogP contribution in [-0.2, 0) is 0 Å². The Morgan fingerprint density at radius 1 is 1.33 bits per heavy atom. The summed E-state index contributed by atoms with van der Waals surface area (Å²) in [6.45, 7) is 1.10. The Morgan fingerprint density at radius 3 is 2.87 bits per heavy atom.